The molecule has 18 heavy (non-hydrogen) atoms. The minimum absolute atomic E-state index is 0.00713. The molecule has 2 N–H and O–H groups in total. The van der Waals surface area contributed by atoms with Gasteiger partial charge in [0.05, 0.1) is 0 Å². The van der Waals surface area contributed by atoms with Crippen molar-refractivity contribution in [2.24, 2.45) is 0 Å². The first-order valence-electron chi connectivity index (χ1n) is 5.82. The summed E-state index contributed by atoms with van der Waals surface area (Å²) >= 11 is 5.15. The van der Waals surface area contributed by atoms with Gasteiger partial charge in [0.2, 0.25) is 5.91 Å². The third-order valence-corrected chi connectivity index (χ3v) is 2.62. The van der Waals surface area contributed by atoms with Crippen molar-refractivity contribution in [1.82, 2.24) is 5.32 Å². The number of anilines is 2. The maximum atomic E-state index is 11.2. The Morgan fingerprint density at radius 3 is 2.28 bits per heavy atom. The van der Waals surface area contributed by atoms with Crippen LogP contribution in [0.5, 0.6) is 0 Å². The number of carbonyl (C=O) groups is 1. The van der Waals surface area contributed by atoms with Gasteiger partial charge in [0.15, 0.2) is 5.11 Å². The molecule has 0 atom stereocenters. The lowest BCUT2D eigenvalue weighted by Gasteiger charge is -2.16. The lowest BCUT2D eigenvalue weighted by molar-refractivity contribution is -0.116. The molecule has 0 fully saturated rings. The van der Waals surface area contributed by atoms with Crippen LogP contribution in [0.4, 0.5) is 11.4 Å². The molecule has 98 valence electrons. The lowest BCUT2D eigenvalue weighted by Crippen LogP contribution is -2.33. The van der Waals surface area contributed by atoms with Gasteiger partial charge in [-0.3, -0.25) is 4.79 Å². The van der Waals surface area contributed by atoms with E-state index in [1.807, 2.05) is 38.1 Å². The van der Waals surface area contributed by atoms with Crippen LogP contribution in [0.1, 0.15) is 20.8 Å². The highest BCUT2D eigenvalue weighted by Crippen LogP contribution is 2.16. The predicted molar refractivity (Wildman–Crippen MR) is 80.0 cm³/mol. The van der Waals surface area contributed by atoms with Crippen LogP contribution in [0.15, 0.2) is 24.3 Å². The summed E-state index contributed by atoms with van der Waals surface area (Å²) in [6.45, 7) is 5.59. The van der Waals surface area contributed by atoms with Gasteiger partial charge in [-0.25, -0.2) is 0 Å². The van der Waals surface area contributed by atoms with E-state index in [9.17, 15) is 4.79 Å². The minimum Gasteiger partial charge on any atom is -0.360 e. The van der Waals surface area contributed by atoms with Gasteiger partial charge >= 0.3 is 0 Å². The smallest absolute Gasteiger partial charge is 0.223 e. The number of nitrogens with zero attached hydrogens (tertiary/aromatic N) is 1. The zero-order valence-electron chi connectivity index (χ0n) is 11.2. The molecule has 1 aromatic carbocycles. The lowest BCUT2D eigenvalue weighted by atomic mass is 10.2. The summed E-state index contributed by atoms with van der Waals surface area (Å²) in [6.07, 6.45) is 0. The zero-order chi connectivity index (χ0) is 13.7. The van der Waals surface area contributed by atoms with Gasteiger partial charge in [-0.2, -0.15) is 0 Å². The van der Waals surface area contributed by atoms with Gasteiger partial charge in [-0.05, 0) is 50.3 Å². The maximum Gasteiger partial charge on any atom is 0.223 e. The Kier molecular flexibility index (Phi) is 5.09. The zero-order valence-corrected chi connectivity index (χ0v) is 12.0. The highest BCUT2D eigenvalue weighted by atomic mass is 32.1. The van der Waals surface area contributed by atoms with E-state index < -0.39 is 0 Å². The van der Waals surface area contributed by atoms with Crippen molar-refractivity contribution >= 4 is 34.6 Å². The van der Waals surface area contributed by atoms with Crippen molar-refractivity contribution in [1.29, 1.82) is 0 Å². The normalized spacial score (nSPS) is 10.1. The highest BCUT2D eigenvalue weighted by Gasteiger charge is 2.05. The van der Waals surface area contributed by atoms with Crippen LogP contribution >= 0.6 is 12.2 Å². The van der Waals surface area contributed by atoms with Crippen LogP contribution in [-0.2, 0) is 4.79 Å². The minimum atomic E-state index is 0.00713. The third-order valence-electron chi connectivity index (χ3n) is 2.40. The molecule has 0 heterocycles. The summed E-state index contributed by atoms with van der Waals surface area (Å²) in [5, 5.41) is 6.78. The van der Waals surface area contributed by atoms with Crippen LogP contribution in [0.3, 0.4) is 0 Å². The molecule has 4 nitrogen and oxygen atoms in total. The fraction of sp³-hybridized carbons (Fsp3) is 0.385. The van der Waals surface area contributed by atoms with Gasteiger partial charge in [0.25, 0.3) is 0 Å². The Labute approximate surface area is 113 Å². The van der Waals surface area contributed by atoms with Gasteiger partial charge in [0.1, 0.15) is 0 Å². The van der Waals surface area contributed by atoms with Crippen molar-refractivity contribution in [2.45, 2.75) is 26.8 Å². The van der Waals surface area contributed by atoms with E-state index in [1.54, 1.807) is 11.9 Å². The van der Waals surface area contributed by atoms with E-state index in [1.165, 1.54) is 6.92 Å². The second kappa shape index (κ2) is 6.35. The first kappa shape index (κ1) is 14.4. The summed E-state index contributed by atoms with van der Waals surface area (Å²) in [7, 11) is 1.75. The molecule has 0 unspecified atom stereocenters. The highest BCUT2D eigenvalue weighted by molar-refractivity contribution is 7.80. The molecule has 0 aliphatic carbocycles. The van der Waals surface area contributed by atoms with Crippen molar-refractivity contribution < 1.29 is 4.79 Å². The number of hydrogen-bond donors (Lipinski definition) is 2. The van der Waals surface area contributed by atoms with Crippen molar-refractivity contribution in [2.75, 3.05) is 17.3 Å². The molecule has 0 saturated carbocycles. The fourth-order valence-corrected chi connectivity index (χ4v) is 1.73. The van der Waals surface area contributed by atoms with Gasteiger partial charge in [0, 0.05) is 31.4 Å². The molecule has 1 aromatic rings. The SMILES string of the molecule is CC(=O)N(C)c1ccc(NC(=S)NC(C)C)cc1. The monoisotopic (exact) mass is 265 g/mol. The van der Waals surface area contributed by atoms with E-state index in [2.05, 4.69) is 10.6 Å². The van der Waals surface area contributed by atoms with E-state index in [0.717, 1.165) is 11.4 Å². The van der Waals surface area contributed by atoms with E-state index >= 15 is 0 Å². The number of rotatable bonds is 3. The molecule has 5 heteroatoms. The van der Waals surface area contributed by atoms with Gasteiger partial charge < -0.3 is 15.5 Å². The number of nitrogens with one attached hydrogen (secondary N) is 2. The average Bonchev–Trinajstić information content (AvgIpc) is 2.27. The molecule has 1 amide bonds. The van der Waals surface area contributed by atoms with E-state index in [4.69, 9.17) is 12.2 Å². The standard InChI is InChI=1S/C13H19N3OS/c1-9(2)14-13(18)15-11-5-7-12(8-6-11)16(4)10(3)17/h5-9H,1-4H3,(H2,14,15,18). The topological polar surface area (TPSA) is 44.4 Å². The molecular weight excluding hydrogens is 246 g/mol. The van der Waals surface area contributed by atoms with Crippen LogP contribution in [0.25, 0.3) is 0 Å². The van der Waals surface area contributed by atoms with Crippen molar-refractivity contribution in [3.63, 3.8) is 0 Å². The van der Waals surface area contributed by atoms with Crippen LogP contribution in [-0.4, -0.2) is 24.1 Å². The second-order valence-corrected chi connectivity index (χ2v) is 4.79. The molecule has 0 aromatic heterocycles. The Hall–Kier alpha value is -1.62. The van der Waals surface area contributed by atoms with Crippen LogP contribution in [0.2, 0.25) is 0 Å². The fourth-order valence-electron chi connectivity index (χ4n) is 1.38. The third kappa shape index (κ3) is 4.33. The maximum absolute atomic E-state index is 11.2. The number of hydrogen-bond acceptors (Lipinski definition) is 2. The Morgan fingerprint density at radius 1 is 1.28 bits per heavy atom. The summed E-state index contributed by atoms with van der Waals surface area (Å²) < 4.78 is 0. The Morgan fingerprint density at radius 2 is 1.83 bits per heavy atom. The van der Waals surface area contributed by atoms with Crippen molar-refractivity contribution in [3.8, 4) is 0 Å². The predicted octanol–water partition coefficient (Wildman–Crippen LogP) is 2.36. The first-order valence-corrected chi connectivity index (χ1v) is 6.23. The summed E-state index contributed by atoms with van der Waals surface area (Å²) in [5.74, 6) is 0.00713. The molecule has 0 radical (unpaired) electrons. The van der Waals surface area contributed by atoms with Gasteiger partial charge in [-0.1, -0.05) is 0 Å². The molecule has 0 spiro atoms. The number of carbonyl (C=O) groups excluding carboxylic acids is 1. The van der Waals surface area contributed by atoms with Crippen LogP contribution < -0.4 is 15.5 Å². The Balaban J connectivity index is 2.66. The number of benzene rings is 1. The second-order valence-electron chi connectivity index (χ2n) is 4.38. The first-order chi connectivity index (χ1) is 8.40. The molecule has 1 rings (SSSR count). The van der Waals surface area contributed by atoms with E-state index in [-0.39, 0.29) is 5.91 Å². The molecule has 0 aliphatic rings. The van der Waals surface area contributed by atoms with Crippen LogP contribution in [0, 0.1) is 0 Å². The summed E-state index contributed by atoms with van der Waals surface area (Å²) in [5.41, 5.74) is 1.75. The van der Waals surface area contributed by atoms with Crippen molar-refractivity contribution in [3.05, 3.63) is 24.3 Å². The molecule has 0 aliphatic heterocycles. The Bertz CT molecular complexity index is 428. The number of amides is 1. The summed E-state index contributed by atoms with van der Waals surface area (Å²) in [4.78, 5) is 12.8. The summed E-state index contributed by atoms with van der Waals surface area (Å²) in [6, 6.07) is 7.84. The van der Waals surface area contributed by atoms with Gasteiger partial charge in [-0.15, -0.1) is 0 Å². The average molecular weight is 265 g/mol. The quantitative estimate of drug-likeness (QED) is 0.824. The number of thiocarbonyl (C=S) groups is 1. The molecule has 0 saturated heterocycles. The van der Waals surface area contributed by atoms with E-state index in [0.29, 0.717) is 11.2 Å². The molecule has 0 bridgehead atoms. The largest absolute Gasteiger partial charge is 0.360 e. The molecular formula is C13H19N3OS.